The lowest BCUT2D eigenvalue weighted by atomic mass is 10.1. The van der Waals surface area contributed by atoms with E-state index in [0.717, 1.165) is 24.3 Å². The van der Waals surface area contributed by atoms with Gasteiger partial charge in [-0.2, -0.15) is 0 Å². The second-order valence-electron chi connectivity index (χ2n) is 4.47. The topological polar surface area (TPSA) is 47.7 Å². The van der Waals surface area contributed by atoms with Gasteiger partial charge in [-0.3, -0.25) is 4.90 Å². The predicted molar refractivity (Wildman–Crippen MR) is 74.5 cm³/mol. The van der Waals surface area contributed by atoms with Gasteiger partial charge < -0.3 is 15.2 Å². The fraction of sp³-hybridized carbons (Fsp3) is 0.571. The molecule has 102 valence electrons. The van der Waals surface area contributed by atoms with E-state index >= 15 is 0 Å². The Kier molecular flexibility index (Phi) is 6.72. The first-order valence-corrected chi connectivity index (χ1v) is 6.24. The number of anilines is 1. The van der Waals surface area contributed by atoms with E-state index in [1.165, 1.54) is 0 Å². The van der Waals surface area contributed by atoms with E-state index in [1.807, 2.05) is 18.2 Å². The van der Waals surface area contributed by atoms with Crippen molar-refractivity contribution >= 4 is 5.69 Å². The second kappa shape index (κ2) is 8.08. The van der Waals surface area contributed by atoms with Crippen LogP contribution in [0.5, 0.6) is 0 Å². The van der Waals surface area contributed by atoms with Gasteiger partial charge in [0, 0.05) is 39.0 Å². The highest BCUT2D eigenvalue weighted by molar-refractivity contribution is 5.46. The molecule has 1 unspecified atom stereocenters. The van der Waals surface area contributed by atoms with Crippen LogP contribution in [0.2, 0.25) is 0 Å². The van der Waals surface area contributed by atoms with Crippen molar-refractivity contribution in [3.63, 3.8) is 0 Å². The van der Waals surface area contributed by atoms with Crippen LogP contribution in [0.25, 0.3) is 0 Å². The number of hydrogen-bond donors (Lipinski definition) is 1. The zero-order valence-electron chi connectivity index (χ0n) is 11.6. The Morgan fingerprint density at radius 1 is 1.22 bits per heavy atom. The van der Waals surface area contributed by atoms with Gasteiger partial charge in [0.25, 0.3) is 0 Å². The normalized spacial score (nSPS) is 12.9. The first-order valence-electron chi connectivity index (χ1n) is 6.24. The maximum atomic E-state index is 5.98. The smallest absolute Gasteiger partial charge is 0.0615 e. The summed E-state index contributed by atoms with van der Waals surface area (Å²) in [4.78, 5) is 2.32. The fourth-order valence-corrected chi connectivity index (χ4v) is 1.91. The summed E-state index contributed by atoms with van der Waals surface area (Å²) in [6, 6.07) is 8.31. The van der Waals surface area contributed by atoms with Crippen molar-refractivity contribution in [1.29, 1.82) is 0 Å². The van der Waals surface area contributed by atoms with Gasteiger partial charge in [0.05, 0.1) is 13.2 Å². The van der Waals surface area contributed by atoms with Crippen molar-refractivity contribution in [2.24, 2.45) is 0 Å². The SMILES string of the molecule is COCCN(Cc1ccccc1N)C(C)COC. The van der Waals surface area contributed by atoms with E-state index in [1.54, 1.807) is 14.2 Å². The Morgan fingerprint density at radius 2 is 1.94 bits per heavy atom. The molecule has 0 saturated heterocycles. The van der Waals surface area contributed by atoms with Gasteiger partial charge in [-0.1, -0.05) is 18.2 Å². The van der Waals surface area contributed by atoms with Crippen LogP contribution in [0.15, 0.2) is 24.3 Å². The van der Waals surface area contributed by atoms with E-state index in [2.05, 4.69) is 17.9 Å². The summed E-state index contributed by atoms with van der Waals surface area (Å²) in [7, 11) is 3.44. The number of hydrogen-bond acceptors (Lipinski definition) is 4. The zero-order valence-corrected chi connectivity index (χ0v) is 11.6. The van der Waals surface area contributed by atoms with Crippen LogP contribution in [-0.4, -0.2) is 44.9 Å². The quantitative estimate of drug-likeness (QED) is 0.716. The predicted octanol–water partition coefficient (Wildman–Crippen LogP) is 1.75. The lowest BCUT2D eigenvalue weighted by Crippen LogP contribution is -2.38. The molecule has 1 aromatic rings. The molecule has 0 spiro atoms. The molecule has 1 rings (SSSR count). The number of nitrogens with two attached hydrogens (primary N) is 1. The van der Waals surface area contributed by atoms with Crippen molar-refractivity contribution in [2.75, 3.05) is 39.7 Å². The summed E-state index contributed by atoms with van der Waals surface area (Å²) in [5.74, 6) is 0. The number of para-hydroxylation sites is 1. The number of rotatable bonds is 8. The molecule has 1 atom stereocenters. The minimum absolute atomic E-state index is 0.338. The van der Waals surface area contributed by atoms with Gasteiger partial charge in [-0.05, 0) is 18.6 Å². The molecule has 0 aliphatic rings. The highest BCUT2D eigenvalue weighted by atomic mass is 16.5. The number of ether oxygens (including phenoxy) is 2. The first kappa shape index (κ1) is 15.0. The van der Waals surface area contributed by atoms with Crippen LogP contribution in [-0.2, 0) is 16.0 Å². The van der Waals surface area contributed by atoms with Gasteiger partial charge in [0.2, 0.25) is 0 Å². The Labute approximate surface area is 110 Å². The average molecular weight is 252 g/mol. The van der Waals surface area contributed by atoms with Gasteiger partial charge in [0.1, 0.15) is 0 Å². The third kappa shape index (κ3) is 4.64. The van der Waals surface area contributed by atoms with Crippen LogP contribution in [0.3, 0.4) is 0 Å². The number of nitrogen functional groups attached to an aromatic ring is 1. The van der Waals surface area contributed by atoms with Gasteiger partial charge >= 0.3 is 0 Å². The van der Waals surface area contributed by atoms with E-state index < -0.39 is 0 Å². The summed E-state index contributed by atoms with van der Waals surface area (Å²) >= 11 is 0. The number of nitrogens with zero attached hydrogens (tertiary/aromatic N) is 1. The largest absolute Gasteiger partial charge is 0.398 e. The third-order valence-electron chi connectivity index (χ3n) is 3.04. The molecule has 0 bridgehead atoms. The van der Waals surface area contributed by atoms with Gasteiger partial charge in [-0.15, -0.1) is 0 Å². The molecule has 0 fully saturated rings. The van der Waals surface area contributed by atoms with Gasteiger partial charge in [0.15, 0.2) is 0 Å². The minimum Gasteiger partial charge on any atom is -0.398 e. The Morgan fingerprint density at radius 3 is 2.56 bits per heavy atom. The molecule has 0 heterocycles. The Bertz CT molecular complexity index is 344. The molecule has 0 amide bonds. The van der Waals surface area contributed by atoms with Gasteiger partial charge in [-0.25, -0.2) is 0 Å². The molecule has 0 aliphatic heterocycles. The molecule has 0 aliphatic carbocycles. The molecule has 2 N–H and O–H groups in total. The van der Waals surface area contributed by atoms with E-state index in [-0.39, 0.29) is 0 Å². The number of benzene rings is 1. The van der Waals surface area contributed by atoms with Crippen molar-refractivity contribution in [2.45, 2.75) is 19.5 Å². The monoisotopic (exact) mass is 252 g/mol. The van der Waals surface area contributed by atoms with Crippen molar-refractivity contribution in [3.8, 4) is 0 Å². The van der Waals surface area contributed by atoms with Crippen molar-refractivity contribution in [1.82, 2.24) is 4.90 Å². The average Bonchev–Trinajstić information content (AvgIpc) is 2.36. The Hall–Kier alpha value is -1.10. The summed E-state index contributed by atoms with van der Waals surface area (Å²) in [5, 5.41) is 0. The van der Waals surface area contributed by atoms with Crippen LogP contribution in [0.1, 0.15) is 12.5 Å². The number of methoxy groups -OCH3 is 2. The van der Waals surface area contributed by atoms with Crippen LogP contribution < -0.4 is 5.73 Å². The highest BCUT2D eigenvalue weighted by Gasteiger charge is 2.14. The molecule has 1 aromatic carbocycles. The van der Waals surface area contributed by atoms with Crippen LogP contribution >= 0.6 is 0 Å². The van der Waals surface area contributed by atoms with E-state index in [4.69, 9.17) is 15.2 Å². The summed E-state index contributed by atoms with van der Waals surface area (Å²) in [6.45, 7) is 5.26. The van der Waals surface area contributed by atoms with E-state index in [9.17, 15) is 0 Å². The molecule has 4 nitrogen and oxygen atoms in total. The van der Waals surface area contributed by atoms with Crippen molar-refractivity contribution in [3.05, 3.63) is 29.8 Å². The maximum absolute atomic E-state index is 5.98. The Balaban J connectivity index is 2.68. The lowest BCUT2D eigenvalue weighted by molar-refractivity contribution is 0.0706. The summed E-state index contributed by atoms with van der Waals surface area (Å²) in [6.07, 6.45) is 0. The van der Waals surface area contributed by atoms with Crippen LogP contribution in [0, 0.1) is 0 Å². The maximum Gasteiger partial charge on any atom is 0.0615 e. The summed E-state index contributed by atoms with van der Waals surface area (Å²) < 4.78 is 10.4. The lowest BCUT2D eigenvalue weighted by Gasteiger charge is -2.28. The molecule has 0 saturated carbocycles. The fourth-order valence-electron chi connectivity index (χ4n) is 1.91. The molecule has 18 heavy (non-hydrogen) atoms. The molecular weight excluding hydrogens is 228 g/mol. The highest BCUT2D eigenvalue weighted by Crippen LogP contribution is 2.15. The molecular formula is C14H24N2O2. The summed E-state index contributed by atoms with van der Waals surface area (Å²) in [5.41, 5.74) is 7.97. The second-order valence-corrected chi connectivity index (χ2v) is 4.47. The minimum atomic E-state index is 0.338. The molecule has 0 radical (unpaired) electrons. The van der Waals surface area contributed by atoms with E-state index in [0.29, 0.717) is 19.3 Å². The molecule has 4 heteroatoms. The van der Waals surface area contributed by atoms with Crippen molar-refractivity contribution < 1.29 is 9.47 Å². The third-order valence-corrected chi connectivity index (χ3v) is 3.04. The zero-order chi connectivity index (χ0) is 13.4. The standard InChI is InChI=1S/C14H24N2O2/c1-12(11-18-3)16(8-9-17-2)10-13-6-4-5-7-14(13)15/h4-7,12H,8-11,15H2,1-3H3. The first-order chi connectivity index (χ1) is 8.69. The van der Waals surface area contributed by atoms with Crippen LogP contribution in [0.4, 0.5) is 5.69 Å². The molecule has 0 aromatic heterocycles.